The molecule has 0 radical (unpaired) electrons. The van der Waals surface area contributed by atoms with Crippen LogP contribution in [-0.4, -0.2) is 26.5 Å². The van der Waals surface area contributed by atoms with Crippen LogP contribution in [0.4, 0.5) is 0 Å². The Morgan fingerprint density at radius 1 is 1.16 bits per heavy atom. The Labute approximate surface area is 114 Å². The van der Waals surface area contributed by atoms with Gasteiger partial charge in [-0.2, -0.15) is 5.26 Å². The maximum atomic E-state index is 11.7. The fourth-order valence-corrected chi connectivity index (χ4v) is 2.77. The molecule has 0 N–H and O–H groups in total. The van der Waals surface area contributed by atoms with Crippen molar-refractivity contribution < 1.29 is 13.2 Å². The van der Waals surface area contributed by atoms with E-state index in [0.29, 0.717) is 11.3 Å². The molecule has 0 aliphatic heterocycles. The standard InChI is InChI=1S/C14H19NO3S/c1-2-3-4-10-19(16,17)11-9-18-14-7-5-13(12-15)6-8-14/h5-8H,2-4,9-11H2,1H3. The summed E-state index contributed by atoms with van der Waals surface area (Å²) in [5, 5.41) is 8.64. The molecule has 0 aliphatic carbocycles. The first-order chi connectivity index (χ1) is 9.07. The second-order valence-electron chi connectivity index (χ2n) is 4.34. The number of ether oxygens (including phenoxy) is 1. The lowest BCUT2D eigenvalue weighted by atomic mass is 10.2. The summed E-state index contributed by atoms with van der Waals surface area (Å²) in [6.45, 7) is 2.20. The minimum absolute atomic E-state index is 0.0384. The lowest BCUT2D eigenvalue weighted by Crippen LogP contribution is -2.17. The summed E-state index contributed by atoms with van der Waals surface area (Å²) in [5.41, 5.74) is 0.555. The first-order valence-corrected chi connectivity index (χ1v) is 8.23. The molecule has 104 valence electrons. The summed E-state index contributed by atoms with van der Waals surface area (Å²) in [6, 6.07) is 8.64. The van der Waals surface area contributed by atoms with Gasteiger partial charge in [0.2, 0.25) is 0 Å². The van der Waals surface area contributed by atoms with Crippen LogP contribution in [0.5, 0.6) is 5.75 Å². The monoisotopic (exact) mass is 281 g/mol. The number of benzene rings is 1. The van der Waals surface area contributed by atoms with E-state index >= 15 is 0 Å². The fraction of sp³-hybridized carbons (Fsp3) is 0.500. The fourth-order valence-electron chi connectivity index (χ4n) is 1.59. The lowest BCUT2D eigenvalue weighted by molar-refractivity contribution is 0.341. The molecule has 4 nitrogen and oxygen atoms in total. The van der Waals surface area contributed by atoms with Gasteiger partial charge < -0.3 is 4.74 Å². The van der Waals surface area contributed by atoms with E-state index in [-0.39, 0.29) is 18.1 Å². The Balaban J connectivity index is 2.34. The number of nitriles is 1. The highest BCUT2D eigenvalue weighted by molar-refractivity contribution is 7.91. The smallest absolute Gasteiger partial charge is 0.153 e. The van der Waals surface area contributed by atoms with Crippen molar-refractivity contribution in [2.45, 2.75) is 26.2 Å². The molecule has 0 saturated carbocycles. The number of hydrogen-bond acceptors (Lipinski definition) is 4. The largest absolute Gasteiger partial charge is 0.493 e. The molecule has 19 heavy (non-hydrogen) atoms. The SMILES string of the molecule is CCCCCS(=O)(=O)CCOc1ccc(C#N)cc1. The average Bonchev–Trinajstić information content (AvgIpc) is 2.39. The van der Waals surface area contributed by atoms with Crippen LogP contribution in [0.3, 0.4) is 0 Å². The van der Waals surface area contributed by atoms with Crippen molar-refractivity contribution in [3.8, 4) is 11.8 Å². The van der Waals surface area contributed by atoms with E-state index in [9.17, 15) is 8.42 Å². The van der Waals surface area contributed by atoms with Crippen molar-refractivity contribution in [3.63, 3.8) is 0 Å². The van der Waals surface area contributed by atoms with Gasteiger partial charge in [-0.3, -0.25) is 0 Å². The summed E-state index contributed by atoms with van der Waals surface area (Å²) in [5.74, 6) is 0.858. The van der Waals surface area contributed by atoms with Crippen LogP contribution in [0.15, 0.2) is 24.3 Å². The molecule has 0 saturated heterocycles. The Hall–Kier alpha value is -1.54. The van der Waals surface area contributed by atoms with Crippen LogP contribution in [0.1, 0.15) is 31.7 Å². The van der Waals surface area contributed by atoms with Gasteiger partial charge in [-0.25, -0.2) is 8.42 Å². The first-order valence-electron chi connectivity index (χ1n) is 6.41. The van der Waals surface area contributed by atoms with Crippen LogP contribution >= 0.6 is 0 Å². The van der Waals surface area contributed by atoms with Crippen LogP contribution in [0.2, 0.25) is 0 Å². The summed E-state index contributed by atoms with van der Waals surface area (Å²) < 4.78 is 28.7. The number of rotatable bonds is 8. The third kappa shape index (κ3) is 6.25. The predicted octanol–water partition coefficient (Wildman–Crippen LogP) is 2.54. The third-order valence-electron chi connectivity index (χ3n) is 2.71. The van der Waals surface area contributed by atoms with E-state index in [0.717, 1.165) is 19.3 Å². The molecular formula is C14H19NO3S. The van der Waals surface area contributed by atoms with Crippen molar-refractivity contribution in [3.05, 3.63) is 29.8 Å². The van der Waals surface area contributed by atoms with Gasteiger partial charge in [0.05, 0.1) is 23.1 Å². The van der Waals surface area contributed by atoms with Crippen molar-refractivity contribution >= 4 is 9.84 Å². The minimum Gasteiger partial charge on any atom is -0.493 e. The van der Waals surface area contributed by atoms with Gasteiger partial charge >= 0.3 is 0 Å². The molecule has 0 bridgehead atoms. The van der Waals surface area contributed by atoms with Gasteiger partial charge in [-0.15, -0.1) is 0 Å². The molecule has 5 heteroatoms. The molecule has 1 aromatic carbocycles. The lowest BCUT2D eigenvalue weighted by Gasteiger charge is -2.07. The second-order valence-corrected chi connectivity index (χ2v) is 6.65. The van der Waals surface area contributed by atoms with Gasteiger partial charge in [0.1, 0.15) is 12.4 Å². The van der Waals surface area contributed by atoms with Crippen molar-refractivity contribution in [1.29, 1.82) is 5.26 Å². The van der Waals surface area contributed by atoms with E-state index in [4.69, 9.17) is 10.00 Å². The normalized spacial score (nSPS) is 10.9. The highest BCUT2D eigenvalue weighted by Gasteiger charge is 2.10. The van der Waals surface area contributed by atoms with E-state index < -0.39 is 9.84 Å². The molecule has 1 aromatic rings. The number of unbranched alkanes of at least 4 members (excludes halogenated alkanes) is 2. The van der Waals surface area contributed by atoms with Gasteiger partial charge in [0.25, 0.3) is 0 Å². The zero-order valence-electron chi connectivity index (χ0n) is 11.1. The molecule has 0 atom stereocenters. The summed E-state index contributed by atoms with van der Waals surface area (Å²) in [4.78, 5) is 0. The van der Waals surface area contributed by atoms with E-state index in [1.54, 1.807) is 24.3 Å². The van der Waals surface area contributed by atoms with E-state index in [1.165, 1.54) is 0 Å². The van der Waals surface area contributed by atoms with Crippen molar-refractivity contribution in [2.75, 3.05) is 18.1 Å². The van der Waals surface area contributed by atoms with Gasteiger partial charge in [-0.05, 0) is 30.7 Å². The third-order valence-corrected chi connectivity index (χ3v) is 4.40. The van der Waals surface area contributed by atoms with Crippen LogP contribution in [0.25, 0.3) is 0 Å². The molecule has 0 aromatic heterocycles. The number of hydrogen-bond donors (Lipinski definition) is 0. The number of nitrogens with zero attached hydrogens (tertiary/aromatic N) is 1. The van der Waals surface area contributed by atoms with Gasteiger partial charge in [0, 0.05) is 0 Å². The second kappa shape index (κ2) is 7.80. The van der Waals surface area contributed by atoms with Gasteiger partial charge in [0.15, 0.2) is 9.84 Å². The molecule has 0 aliphatic rings. The van der Waals surface area contributed by atoms with Crippen LogP contribution in [0, 0.1) is 11.3 Å². The number of sulfone groups is 1. The van der Waals surface area contributed by atoms with Crippen molar-refractivity contribution in [1.82, 2.24) is 0 Å². The van der Waals surface area contributed by atoms with E-state index in [1.807, 2.05) is 13.0 Å². The first kappa shape index (κ1) is 15.5. The highest BCUT2D eigenvalue weighted by atomic mass is 32.2. The summed E-state index contributed by atoms with van der Waals surface area (Å²) >= 11 is 0. The summed E-state index contributed by atoms with van der Waals surface area (Å²) in [6.07, 6.45) is 2.67. The topological polar surface area (TPSA) is 67.2 Å². The van der Waals surface area contributed by atoms with Crippen molar-refractivity contribution in [2.24, 2.45) is 0 Å². The molecule has 0 heterocycles. The van der Waals surface area contributed by atoms with Crippen LogP contribution in [-0.2, 0) is 9.84 Å². The molecule has 0 unspecified atom stereocenters. The zero-order chi connectivity index (χ0) is 14.1. The maximum absolute atomic E-state index is 11.7. The Kier molecular flexibility index (Phi) is 6.37. The quantitative estimate of drug-likeness (QED) is 0.687. The maximum Gasteiger partial charge on any atom is 0.153 e. The molecular weight excluding hydrogens is 262 g/mol. The Morgan fingerprint density at radius 3 is 2.42 bits per heavy atom. The highest BCUT2D eigenvalue weighted by Crippen LogP contribution is 2.11. The molecule has 1 rings (SSSR count). The minimum atomic E-state index is -3.01. The molecule has 0 spiro atoms. The molecule has 0 fully saturated rings. The average molecular weight is 281 g/mol. The zero-order valence-corrected chi connectivity index (χ0v) is 11.9. The molecule has 0 amide bonds. The Bertz CT molecular complexity index is 515. The van der Waals surface area contributed by atoms with E-state index in [2.05, 4.69) is 0 Å². The van der Waals surface area contributed by atoms with Gasteiger partial charge in [-0.1, -0.05) is 19.8 Å². The predicted molar refractivity (Wildman–Crippen MR) is 74.8 cm³/mol. The Morgan fingerprint density at radius 2 is 1.84 bits per heavy atom. The summed E-state index contributed by atoms with van der Waals surface area (Å²) in [7, 11) is -3.01. The van der Waals surface area contributed by atoms with Crippen LogP contribution < -0.4 is 4.74 Å².